The Kier molecular flexibility index (Phi) is 3.86. The molecule has 3 N–H and O–H groups in total. The first kappa shape index (κ1) is 12.2. The summed E-state index contributed by atoms with van der Waals surface area (Å²) in [5, 5.41) is 3.34. The molecule has 1 aromatic rings. The predicted octanol–water partition coefficient (Wildman–Crippen LogP) is 1.66. The monoisotopic (exact) mass is 236 g/mol. The molecule has 1 heterocycles. The van der Waals surface area contributed by atoms with Gasteiger partial charge < -0.3 is 20.5 Å². The van der Waals surface area contributed by atoms with Gasteiger partial charge in [0, 0.05) is 6.04 Å². The maximum Gasteiger partial charge on any atom is 0.231 e. The third kappa shape index (κ3) is 2.53. The van der Waals surface area contributed by atoms with Crippen molar-refractivity contribution < 1.29 is 9.47 Å². The highest BCUT2D eigenvalue weighted by molar-refractivity contribution is 5.45. The Bertz CT molecular complexity index is 382. The van der Waals surface area contributed by atoms with Crippen molar-refractivity contribution in [3.8, 4) is 11.5 Å². The SMILES string of the molecule is CNC(c1ccc2c(c1)OCO2)C(C)CCN. The molecule has 0 saturated carbocycles. The van der Waals surface area contributed by atoms with E-state index in [4.69, 9.17) is 15.2 Å². The largest absolute Gasteiger partial charge is 0.454 e. The lowest BCUT2D eigenvalue weighted by Gasteiger charge is -2.23. The minimum Gasteiger partial charge on any atom is -0.454 e. The molecular weight excluding hydrogens is 216 g/mol. The zero-order valence-corrected chi connectivity index (χ0v) is 10.4. The van der Waals surface area contributed by atoms with Crippen LogP contribution in [0.5, 0.6) is 11.5 Å². The number of ether oxygens (including phenoxy) is 2. The van der Waals surface area contributed by atoms with Crippen molar-refractivity contribution >= 4 is 0 Å². The molecule has 0 fully saturated rings. The minimum atomic E-state index is 0.299. The van der Waals surface area contributed by atoms with Gasteiger partial charge in [-0.15, -0.1) is 0 Å². The van der Waals surface area contributed by atoms with E-state index in [1.165, 1.54) is 5.56 Å². The van der Waals surface area contributed by atoms with Gasteiger partial charge in [0.1, 0.15) is 0 Å². The van der Waals surface area contributed by atoms with Crippen LogP contribution < -0.4 is 20.5 Å². The molecule has 0 amide bonds. The Hall–Kier alpha value is -1.26. The Morgan fingerprint density at radius 1 is 1.35 bits per heavy atom. The first-order valence-corrected chi connectivity index (χ1v) is 6.03. The summed E-state index contributed by atoms with van der Waals surface area (Å²) in [5.41, 5.74) is 6.84. The first-order chi connectivity index (χ1) is 8.26. The fourth-order valence-electron chi connectivity index (χ4n) is 2.32. The fourth-order valence-corrected chi connectivity index (χ4v) is 2.32. The van der Waals surface area contributed by atoms with Gasteiger partial charge in [-0.25, -0.2) is 0 Å². The smallest absolute Gasteiger partial charge is 0.231 e. The zero-order chi connectivity index (χ0) is 12.3. The van der Waals surface area contributed by atoms with Crippen LogP contribution in [0.3, 0.4) is 0 Å². The molecule has 1 aliphatic heterocycles. The quantitative estimate of drug-likeness (QED) is 0.816. The summed E-state index contributed by atoms with van der Waals surface area (Å²) in [4.78, 5) is 0. The number of hydrogen-bond donors (Lipinski definition) is 2. The maximum absolute atomic E-state index is 5.62. The molecule has 2 atom stereocenters. The second-order valence-corrected chi connectivity index (χ2v) is 4.43. The topological polar surface area (TPSA) is 56.5 Å². The van der Waals surface area contributed by atoms with Gasteiger partial charge >= 0.3 is 0 Å². The van der Waals surface area contributed by atoms with Gasteiger partial charge in [-0.05, 0) is 43.6 Å². The van der Waals surface area contributed by atoms with Crippen LogP contribution in [0.25, 0.3) is 0 Å². The lowest BCUT2D eigenvalue weighted by molar-refractivity contribution is 0.174. The Balaban J connectivity index is 2.19. The third-order valence-electron chi connectivity index (χ3n) is 3.26. The summed E-state index contributed by atoms with van der Waals surface area (Å²) in [6, 6.07) is 6.41. The van der Waals surface area contributed by atoms with Gasteiger partial charge in [0.2, 0.25) is 6.79 Å². The van der Waals surface area contributed by atoms with Gasteiger partial charge in [0.25, 0.3) is 0 Å². The van der Waals surface area contributed by atoms with Gasteiger partial charge in [-0.3, -0.25) is 0 Å². The molecule has 2 rings (SSSR count). The van der Waals surface area contributed by atoms with Gasteiger partial charge in [-0.1, -0.05) is 13.0 Å². The lowest BCUT2D eigenvalue weighted by atomic mass is 9.92. The number of nitrogens with two attached hydrogens (primary N) is 1. The molecule has 1 aromatic carbocycles. The highest BCUT2D eigenvalue weighted by Crippen LogP contribution is 2.35. The normalized spacial score (nSPS) is 16.9. The Labute approximate surface area is 102 Å². The van der Waals surface area contributed by atoms with Crippen LogP contribution in [-0.2, 0) is 0 Å². The number of rotatable bonds is 5. The average Bonchev–Trinajstić information content (AvgIpc) is 2.77. The minimum absolute atomic E-state index is 0.299. The van der Waals surface area contributed by atoms with Crippen molar-refractivity contribution in [3.63, 3.8) is 0 Å². The standard InChI is InChI=1S/C13H20N2O2/c1-9(5-6-14)13(15-2)10-3-4-11-12(7-10)17-8-16-11/h3-4,7,9,13,15H,5-6,8,14H2,1-2H3. The van der Waals surface area contributed by atoms with E-state index in [0.717, 1.165) is 17.9 Å². The van der Waals surface area contributed by atoms with E-state index in [2.05, 4.69) is 24.4 Å². The van der Waals surface area contributed by atoms with Crippen LogP contribution >= 0.6 is 0 Å². The number of hydrogen-bond acceptors (Lipinski definition) is 4. The highest BCUT2D eigenvalue weighted by Gasteiger charge is 2.20. The van der Waals surface area contributed by atoms with Crippen molar-refractivity contribution in [1.29, 1.82) is 0 Å². The van der Waals surface area contributed by atoms with Gasteiger partial charge in [0.05, 0.1) is 0 Å². The summed E-state index contributed by atoms with van der Waals surface area (Å²) >= 11 is 0. The lowest BCUT2D eigenvalue weighted by Crippen LogP contribution is -2.25. The summed E-state index contributed by atoms with van der Waals surface area (Å²) in [6.45, 7) is 3.24. The molecular formula is C13H20N2O2. The molecule has 4 heteroatoms. The van der Waals surface area contributed by atoms with Crippen LogP contribution in [-0.4, -0.2) is 20.4 Å². The summed E-state index contributed by atoms with van der Waals surface area (Å²) in [6.07, 6.45) is 1.000. The summed E-state index contributed by atoms with van der Waals surface area (Å²) in [5.74, 6) is 2.16. The van der Waals surface area contributed by atoms with E-state index in [-0.39, 0.29) is 0 Å². The van der Waals surface area contributed by atoms with E-state index >= 15 is 0 Å². The average molecular weight is 236 g/mol. The van der Waals surface area contributed by atoms with E-state index < -0.39 is 0 Å². The van der Waals surface area contributed by atoms with Gasteiger partial charge in [-0.2, -0.15) is 0 Å². The molecule has 0 radical (unpaired) electrons. The summed E-state index contributed by atoms with van der Waals surface area (Å²) in [7, 11) is 1.97. The van der Waals surface area contributed by atoms with Crippen molar-refractivity contribution in [2.45, 2.75) is 19.4 Å². The van der Waals surface area contributed by atoms with Crippen LogP contribution in [0.15, 0.2) is 18.2 Å². The Morgan fingerprint density at radius 3 is 2.82 bits per heavy atom. The molecule has 17 heavy (non-hydrogen) atoms. The molecule has 0 bridgehead atoms. The number of fused-ring (bicyclic) bond motifs is 1. The molecule has 0 saturated heterocycles. The molecule has 0 spiro atoms. The van der Waals surface area contributed by atoms with Crippen LogP contribution in [0.4, 0.5) is 0 Å². The second-order valence-electron chi connectivity index (χ2n) is 4.43. The van der Waals surface area contributed by atoms with E-state index in [1.54, 1.807) is 0 Å². The first-order valence-electron chi connectivity index (χ1n) is 6.03. The molecule has 94 valence electrons. The molecule has 2 unspecified atom stereocenters. The zero-order valence-electron chi connectivity index (χ0n) is 10.4. The molecule has 4 nitrogen and oxygen atoms in total. The van der Waals surface area contributed by atoms with Crippen molar-refractivity contribution in [1.82, 2.24) is 5.32 Å². The summed E-state index contributed by atoms with van der Waals surface area (Å²) < 4.78 is 10.7. The molecule has 1 aliphatic rings. The molecule has 0 aromatic heterocycles. The van der Waals surface area contributed by atoms with Crippen molar-refractivity contribution in [3.05, 3.63) is 23.8 Å². The van der Waals surface area contributed by atoms with E-state index in [9.17, 15) is 0 Å². The Morgan fingerprint density at radius 2 is 2.12 bits per heavy atom. The van der Waals surface area contributed by atoms with Gasteiger partial charge in [0.15, 0.2) is 11.5 Å². The van der Waals surface area contributed by atoms with E-state index in [0.29, 0.717) is 25.3 Å². The van der Waals surface area contributed by atoms with E-state index in [1.807, 2.05) is 13.1 Å². The van der Waals surface area contributed by atoms with Crippen LogP contribution in [0, 0.1) is 5.92 Å². The fraction of sp³-hybridized carbons (Fsp3) is 0.538. The second kappa shape index (κ2) is 5.38. The number of benzene rings is 1. The predicted molar refractivity (Wildman–Crippen MR) is 67.2 cm³/mol. The van der Waals surface area contributed by atoms with Crippen molar-refractivity contribution in [2.24, 2.45) is 11.7 Å². The highest BCUT2D eigenvalue weighted by atomic mass is 16.7. The molecule has 0 aliphatic carbocycles. The number of nitrogens with one attached hydrogen (secondary N) is 1. The third-order valence-corrected chi connectivity index (χ3v) is 3.26. The van der Waals surface area contributed by atoms with Crippen LogP contribution in [0.2, 0.25) is 0 Å². The van der Waals surface area contributed by atoms with Crippen molar-refractivity contribution in [2.75, 3.05) is 20.4 Å². The maximum atomic E-state index is 5.62. The van der Waals surface area contributed by atoms with Crippen LogP contribution in [0.1, 0.15) is 24.9 Å².